The predicted molar refractivity (Wildman–Crippen MR) is 72.4 cm³/mol. The Morgan fingerprint density at radius 3 is 0.452 bits per heavy atom. The maximum atomic E-state index is 7.51. The molecule has 0 aromatic carbocycles. The van der Waals surface area contributed by atoms with Crippen molar-refractivity contribution in [3.63, 3.8) is 0 Å². The van der Waals surface area contributed by atoms with Gasteiger partial charge in [0.15, 0.2) is 0 Å². The molecule has 0 unspecified atom stereocenters. The van der Waals surface area contributed by atoms with Crippen LogP contribution in [0.3, 0.4) is 0 Å². The van der Waals surface area contributed by atoms with E-state index in [1.807, 2.05) is 0 Å². The SMILES string of the molecule is F.F.F.F.F.F.N.OOOOOOOOOOOOOOOOOOOOOOOO.[HH].[HH].[HH].[HH].[HH].[HH].[HH].[HH].[HH].[HH].[HH]. The first-order valence-corrected chi connectivity index (χ1v) is 3.87. The van der Waals surface area contributed by atoms with Crippen molar-refractivity contribution in [2.45, 2.75) is 0 Å². The minimum atomic E-state index is 0. The second-order valence-electron chi connectivity index (χ2n) is 1.51. The Hall–Kier alpha value is -1.42. The summed E-state index contributed by atoms with van der Waals surface area (Å²) in [5.41, 5.74) is 0. The summed E-state index contributed by atoms with van der Waals surface area (Å²) in [6.07, 6.45) is 0. The van der Waals surface area contributed by atoms with Gasteiger partial charge in [-0.2, -0.15) is 0 Å². The van der Waals surface area contributed by atoms with Gasteiger partial charge >= 0.3 is 0 Å². The van der Waals surface area contributed by atoms with Crippen LogP contribution in [0.2, 0.25) is 0 Å². The van der Waals surface area contributed by atoms with Crippen molar-refractivity contribution in [1.82, 2.24) is 6.15 Å². The molecule has 224 valence electrons. The lowest BCUT2D eigenvalue weighted by atomic mass is 14.0. The molecule has 0 saturated carbocycles. The lowest BCUT2D eigenvalue weighted by Gasteiger charge is -1.98. The van der Waals surface area contributed by atoms with Gasteiger partial charge in [0.25, 0.3) is 0 Å². The maximum absolute atomic E-state index is 7.51. The van der Waals surface area contributed by atoms with E-state index in [0.29, 0.717) is 0 Å². The standard InChI is InChI=1S/6FH.H3N.H2O24.11H2/c;;;;;;;1-3-5-7-9-11-13-15-17-19-21-23-24-22-20-18-16-14-12-10-8-6-4-2;;;;;;;;;;;/h6*1H;1H3;1-2H;11*1H. The van der Waals surface area contributed by atoms with Crippen LogP contribution >= 0.6 is 0 Å². The monoisotopic (exact) mass is 545 g/mol. The molecule has 25 nitrogen and oxygen atoms in total. The molecule has 0 radical (unpaired) electrons. The summed E-state index contributed by atoms with van der Waals surface area (Å²) < 4.78 is 0. The largest absolute Gasteiger partial charge is 0.344 e. The van der Waals surface area contributed by atoms with Gasteiger partial charge in [-0.05, 0) is 80.6 Å². The molecule has 0 rings (SSSR count). The fraction of sp³-hybridized carbons (Fsp3) is 0. The minimum Gasteiger partial charge on any atom is -0.344 e. The third-order valence-corrected chi connectivity index (χ3v) is 0.589. The molecule has 0 aliphatic heterocycles. The molecule has 0 spiro atoms. The molecule has 31 heteroatoms. The van der Waals surface area contributed by atoms with Crippen LogP contribution in [0, 0.1) is 0 Å². The molecule has 0 heterocycles. The Morgan fingerprint density at radius 2 is 0.355 bits per heavy atom. The maximum Gasteiger partial charge on any atom is 0 e. The molecule has 0 bridgehead atoms. The Kier molecular flexibility index (Phi) is 85.9. The molecule has 31 heavy (non-hydrogen) atoms. The van der Waals surface area contributed by atoms with Crippen molar-refractivity contribution >= 4 is 0 Å². The Morgan fingerprint density at radius 1 is 0.258 bits per heavy atom. The van der Waals surface area contributed by atoms with E-state index >= 15 is 0 Å². The minimum absolute atomic E-state index is 0. The summed E-state index contributed by atoms with van der Waals surface area (Å²) >= 11 is 0. The lowest BCUT2D eigenvalue weighted by Crippen LogP contribution is -2.05. The molecule has 0 aliphatic rings. The third kappa shape index (κ3) is 52.7. The Balaban J connectivity index is -0.0000000173. The van der Waals surface area contributed by atoms with E-state index in [4.69, 9.17) is 10.5 Å². The van der Waals surface area contributed by atoms with Crippen LogP contribution in [0.15, 0.2) is 0 Å². The zero-order valence-electron chi connectivity index (χ0n) is 13.0. The summed E-state index contributed by atoms with van der Waals surface area (Å²) in [4.78, 5) is 0. The van der Waals surface area contributed by atoms with E-state index < -0.39 is 0 Å². The van der Waals surface area contributed by atoms with Crippen LogP contribution in [0.5, 0.6) is 0 Å². The Bertz CT molecular complexity index is 237. The van der Waals surface area contributed by atoms with Gasteiger partial charge in [0, 0.05) is 45.9 Å². The van der Waals surface area contributed by atoms with Crippen LogP contribution in [0.25, 0.3) is 0 Å². The van der Waals surface area contributed by atoms with Crippen LogP contribution in [0.1, 0.15) is 15.7 Å². The Labute approximate surface area is 174 Å². The first-order chi connectivity index (χ1) is 11.9. The first kappa shape index (κ1) is 51.9. The van der Waals surface area contributed by atoms with E-state index in [9.17, 15) is 0 Å². The van der Waals surface area contributed by atoms with Crippen molar-refractivity contribution in [3.8, 4) is 0 Å². The van der Waals surface area contributed by atoms with Crippen molar-refractivity contribution in [2.75, 3.05) is 0 Å². The second-order valence-corrected chi connectivity index (χ2v) is 1.51. The molecular formula is H33F6NO24. The summed E-state index contributed by atoms with van der Waals surface area (Å²) in [6.45, 7) is 0. The van der Waals surface area contributed by atoms with Crippen LogP contribution in [-0.4, -0.2) is 10.5 Å². The number of hydrogen-bond donors (Lipinski definition) is 3. The summed E-state index contributed by atoms with van der Waals surface area (Å²) in [6, 6.07) is 0. The first-order valence-electron chi connectivity index (χ1n) is 3.87. The molecule has 0 atom stereocenters. The normalized spacial score (nSPS) is 8.71. The van der Waals surface area contributed by atoms with Crippen molar-refractivity contribution in [3.05, 3.63) is 0 Å². The van der Waals surface area contributed by atoms with Gasteiger partial charge in [-0.3, -0.25) is 28.2 Å². The van der Waals surface area contributed by atoms with Crippen molar-refractivity contribution < 1.29 is 165 Å². The van der Waals surface area contributed by atoms with E-state index in [-0.39, 0.29) is 50.1 Å². The predicted octanol–water partition coefficient (Wildman–Crippen LogP) is 2.30. The molecule has 0 saturated heterocycles. The highest BCUT2D eigenvalue weighted by molar-refractivity contribution is 3.09. The van der Waals surface area contributed by atoms with Crippen LogP contribution in [-0.2, 0) is 111 Å². The quantitative estimate of drug-likeness (QED) is 0.0806. The lowest BCUT2D eigenvalue weighted by molar-refractivity contribution is -0.899. The molecule has 0 aromatic heterocycles. The average molecular weight is 545 g/mol. The molecule has 0 aromatic rings. The van der Waals surface area contributed by atoms with E-state index in [0.717, 1.165) is 0 Å². The molecule has 0 amide bonds. The zero-order chi connectivity index (χ0) is 17.6. The molecular weight excluding hydrogens is 512 g/mol. The molecule has 5 N–H and O–H groups in total. The van der Waals surface area contributed by atoms with E-state index in [1.54, 1.807) is 0 Å². The fourth-order valence-electron chi connectivity index (χ4n) is 0.229. The topological polar surface area (TPSA) is 279 Å². The zero-order valence-corrected chi connectivity index (χ0v) is 13.0. The smallest absolute Gasteiger partial charge is 0 e. The summed E-state index contributed by atoms with van der Waals surface area (Å²) in [5, 5.41) is 89.0. The highest BCUT2D eigenvalue weighted by atomic mass is 19.0. The van der Waals surface area contributed by atoms with Gasteiger partial charge in [0.05, 0.1) is 0 Å². The molecule has 0 fully saturated rings. The summed E-state index contributed by atoms with van der Waals surface area (Å²) in [5.74, 6) is 0. The van der Waals surface area contributed by atoms with Gasteiger partial charge in [-0.25, -0.2) is 10.5 Å². The highest BCUT2D eigenvalue weighted by Crippen LogP contribution is 1.93. The van der Waals surface area contributed by atoms with E-state index in [2.05, 4.69) is 111 Å². The second kappa shape index (κ2) is 51.3. The molecule has 0 aliphatic carbocycles. The van der Waals surface area contributed by atoms with Crippen LogP contribution in [0.4, 0.5) is 28.2 Å². The highest BCUT2D eigenvalue weighted by Gasteiger charge is 2.00. The van der Waals surface area contributed by atoms with Crippen molar-refractivity contribution in [2.24, 2.45) is 0 Å². The van der Waals surface area contributed by atoms with Gasteiger partial charge < -0.3 is 6.15 Å². The van der Waals surface area contributed by atoms with Gasteiger partial charge in [-0.15, -0.1) is 0 Å². The number of halogens is 6. The average Bonchev–Trinajstić information content (AvgIpc) is 2.60. The summed E-state index contributed by atoms with van der Waals surface area (Å²) in [7, 11) is 0. The number of rotatable bonds is 21. The third-order valence-electron chi connectivity index (χ3n) is 0.589. The van der Waals surface area contributed by atoms with Gasteiger partial charge in [0.1, 0.15) is 0 Å². The van der Waals surface area contributed by atoms with Crippen LogP contribution < -0.4 is 6.15 Å². The van der Waals surface area contributed by atoms with Gasteiger partial charge in [0.2, 0.25) is 0 Å². The van der Waals surface area contributed by atoms with E-state index in [1.165, 1.54) is 0 Å². The fourth-order valence-corrected chi connectivity index (χ4v) is 0.229. The number of hydrogen-bond acceptors (Lipinski definition) is 25. The van der Waals surface area contributed by atoms with Gasteiger partial charge in [-0.1, -0.05) is 0 Å². The van der Waals surface area contributed by atoms with Crippen molar-refractivity contribution in [1.29, 1.82) is 0 Å².